The molecule has 0 saturated carbocycles. The minimum absolute atomic E-state index is 0.0211. The molecule has 0 fully saturated rings. The molecule has 0 saturated heterocycles. The Morgan fingerprint density at radius 1 is 0.872 bits per heavy atom. The quantitative estimate of drug-likeness (QED) is 0.179. The zero-order chi connectivity index (χ0) is 28.8. The number of amidine groups is 1. The van der Waals surface area contributed by atoms with Crippen LogP contribution in [0, 0.1) is 13.8 Å². The summed E-state index contributed by atoms with van der Waals surface area (Å²) in [4.78, 5) is 33.8. The molecule has 0 aromatic heterocycles. The van der Waals surface area contributed by atoms with E-state index in [-0.39, 0.29) is 11.7 Å². The lowest BCUT2D eigenvalue weighted by Gasteiger charge is -2.13. The molecule has 0 unspecified atom stereocenters. The number of nitrogens with zero attached hydrogens (tertiary/aromatic N) is 2. The van der Waals surface area contributed by atoms with E-state index in [1.54, 1.807) is 13.1 Å². The van der Waals surface area contributed by atoms with E-state index in [9.17, 15) is 9.59 Å². The third-order valence-electron chi connectivity index (χ3n) is 6.17. The number of allylic oxidation sites excluding steroid dienone is 2. The van der Waals surface area contributed by atoms with Crippen molar-refractivity contribution in [2.75, 3.05) is 7.05 Å². The number of benzene rings is 3. The SMILES string of the molecule is CC.CCc1cccc(C(=O)NC(CCc2ccc(C)c(C(/C=C\C(C)=O)=NC)c2)=Nc2ccccc2C)c1. The van der Waals surface area contributed by atoms with Gasteiger partial charge < -0.3 is 5.32 Å². The van der Waals surface area contributed by atoms with Gasteiger partial charge in [0.1, 0.15) is 5.84 Å². The van der Waals surface area contributed by atoms with Crippen LogP contribution in [0.25, 0.3) is 0 Å². The average molecular weight is 524 g/mol. The van der Waals surface area contributed by atoms with E-state index in [0.717, 1.165) is 45.6 Å². The summed E-state index contributed by atoms with van der Waals surface area (Å²) in [6.45, 7) is 11.6. The van der Waals surface area contributed by atoms with Gasteiger partial charge in [0.2, 0.25) is 0 Å². The first-order valence-electron chi connectivity index (χ1n) is 13.6. The Hall–Kier alpha value is -4.12. The van der Waals surface area contributed by atoms with Crippen LogP contribution < -0.4 is 5.32 Å². The molecule has 0 heterocycles. The maximum atomic E-state index is 13.1. The second kappa shape index (κ2) is 16.0. The molecule has 0 atom stereocenters. The minimum atomic E-state index is -0.165. The summed E-state index contributed by atoms with van der Waals surface area (Å²) < 4.78 is 0. The van der Waals surface area contributed by atoms with E-state index in [2.05, 4.69) is 35.4 Å². The van der Waals surface area contributed by atoms with Crippen molar-refractivity contribution in [2.24, 2.45) is 9.98 Å². The fourth-order valence-corrected chi connectivity index (χ4v) is 3.96. The minimum Gasteiger partial charge on any atom is -0.310 e. The molecule has 0 aliphatic heterocycles. The van der Waals surface area contributed by atoms with Crippen LogP contribution in [0.3, 0.4) is 0 Å². The summed E-state index contributed by atoms with van der Waals surface area (Å²) in [6.07, 6.45) is 5.39. The number of aryl methyl sites for hydroxylation is 4. The van der Waals surface area contributed by atoms with Gasteiger partial charge in [-0.2, -0.15) is 0 Å². The van der Waals surface area contributed by atoms with Crippen molar-refractivity contribution < 1.29 is 9.59 Å². The van der Waals surface area contributed by atoms with Crippen LogP contribution in [-0.4, -0.2) is 30.3 Å². The number of hydrogen-bond donors (Lipinski definition) is 1. The van der Waals surface area contributed by atoms with Gasteiger partial charge in [-0.1, -0.05) is 63.2 Å². The summed E-state index contributed by atoms with van der Waals surface area (Å²) in [5.41, 5.74) is 7.52. The van der Waals surface area contributed by atoms with Crippen LogP contribution in [0.15, 0.2) is 88.9 Å². The van der Waals surface area contributed by atoms with Crippen LogP contribution in [-0.2, 0) is 17.6 Å². The van der Waals surface area contributed by atoms with Crippen LogP contribution in [0.2, 0.25) is 0 Å². The Morgan fingerprint density at radius 3 is 2.28 bits per heavy atom. The Bertz CT molecular complexity index is 1370. The van der Waals surface area contributed by atoms with E-state index in [0.29, 0.717) is 24.2 Å². The summed E-state index contributed by atoms with van der Waals surface area (Å²) in [7, 11) is 1.72. The number of ketones is 1. The first kappa shape index (κ1) is 31.1. The maximum absolute atomic E-state index is 13.1. The molecule has 1 N–H and O–H groups in total. The molecule has 0 aliphatic carbocycles. The number of rotatable bonds is 9. The third-order valence-corrected chi connectivity index (χ3v) is 6.17. The second-order valence-corrected chi connectivity index (χ2v) is 9.06. The lowest BCUT2D eigenvalue weighted by molar-refractivity contribution is -0.112. The Labute approximate surface area is 233 Å². The van der Waals surface area contributed by atoms with Crippen molar-refractivity contribution in [1.82, 2.24) is 5.32 Å². The lowest BCUT2D eigenvalue weighted by Crippen LogP contribution is -2.31. The molecule has 5 heteroatoms. The topological polar surface area (TPSA) is 70.9 Å². The highest BCUT2D eigenvalue weighted by atomic mass is 16.1. The van der Waals surface area contributed by atoms with Crippen molar-refractivity contribution in [3.8, 4) is 0 Å². The molecule has 0 bridgehead atoms. The maximum Gasteiger partial charge on any atom is 0.256 e. The summed E-state index contributed by atoms with van der Waals surface area (Å²) in [6, 6.07) is 21.8. The fourth-order valence-electron chi connectivity index (χ4n) is 3.96. The summed E-state index contributed by atoms with van der Waals surface area (Å²) in [5, 5.41) is 3.06. The number of aliphatic imine (C=N–C) groups is 2. The average Bonchev–Trinajstić information content (AvgIpc) is 2.95. The van der Waals surface area contributed by atoms with Gasteiger partial charge in [0, 0.05) is 24.6 Å². The Morgan fingerprint density at radius 2 is 1.62 bits per heavy atom. The standard InChI is InChI=1S/C32H35N3O2.C2H6/c1-6-25-11-9-12-27(20-25)32(37)35-31(34-29-13-8-7-10-23(29)3)19-17-26-16-14-22(2)28(21-26)30(33-5)18-15-24(4)36;1-2/h7-16,18,20-21H,6,17,19H2,1-5H3,(H,34,35,37);1-2H3/b18-15-,33-30?;. The zero-order valence-electron chi connectivity index (χ0n) is 24.3. The van der Waals surface area contributed by atoms with Gasteiger partial charge in [0.05, 0.1) is 11.4 Å². The molecule has 3 rings (SSSR count). The molecule has 0 radical (unpaired) electrons. The number of nitrogens with one attached hydrogen (secondary N) is 1. The van der Waals surface area contributed by atoms with Gasteiger partial charge in [0.25, 0.3) is 5.91 Å². The molecule has 39 heavy (non-hydrogen) atoms. The van der Waals surface area contributed by atoms with Crippen molar-refractivity contribution in [2.45, 2.75) is 60.8 Å². The van der Waals surface area contributed by atoms with Crippen LogP contribution in [0.4, 0.5) is 5.69 Å². The zero-order valence-corrected chi connectivity index (χ0v) is 24.3. The molecule has 5 nitrogen and oxygen atoms in total. The van der Waals surface area contributed by atoms with E-state index < -0.39 is 0 Å². The van der Waals surface area contributed by atoms with Crippen molar-refractivity contribution >= 4 is 28.9 Å². The first-order chi connectivity index (χ1) is 18.8. The molecule has 0 spiro atoms. The predicted octanol–water partition coefficient (Wildman–Crippen LogP) is 7.55. The molecular weight excluding hydrogens is 482 g/mol. The highest BCUT2D eigenvalue weighted by Crippen LogP contribution is 2.19. The van der Waals surface area contributed by atoms with Gasteiger partial charge >= 0.3 is 0 Å². The number of amides is 1. The van der Waals surface area contributed by atoms with Gasteiger partial charge in [0.15, 0.2) is 5.78 Å². The van der Waals surface area contributed by atoms with Gasteiger partial charge in [-0.25, -0.2) is 4.99 Å². The number of hydrogen-bond acceptors (Lipinski definition) is 4. The molecule has 204 valence electrons. The smallest absolute Gasteiger partial charge is 0.256 e. The van der Waals surface area contributed by atoms with Crippen LogP contribution in [0.1, 0.15) is 72.3 Å². The molecule has 1 amide bonds. The summed E-state index contributed by atoms with van der Waals surface area (Å²) in [5.74, 6) is 0.429. The lowest BCUT2D eigenvalue weighted by atomic mass is 9.98. The number of carbonyl (C=O) groups is 2. The fraction of sp³-hybridized carbons (Fsp3) is 0.294. The van der Waals surface area contributed by atoms with Crippen molar-refractivity contribution in [3.05, 3.63) is 112 Å². The first-order valence-corrected chi connectivity index (χ1v) is 13.6. The highest BCUT2D eigenvalue weighted by Gasteiger charge is 2.12. The third kappa shape index (κ3) is 9.60. The van der Waals surface area contributed by atoms with Crippen LogP contribution in [0.5, 0.6) is 0 Å². The van der Waals surface area contributed by atoms with Crippen LogP contribution >= 0.6 is 0 Å². The largest absolute Gasteiger partial charge is 0.310 e. The monoisotopic (exact) mass is 523 g/mol. The number of para-hydroxylation sites is 1. The Kier molecular flexibility index (Phi) is 12.7. The molecular formula is C34H41N3O2. The van der Waals surface area contributed by atoms with E-state index in [1.807, 2.05) is 76.2 Å². The molecule has 3 aromatic rings. The second-order valence-electron chi connectivity index (χ2n) is 9.06. The predicted molar refractivity (Wildman–Crippen MR) is 165 cm³/mol. The van der Waals surface area contributed by atoms with E-state index in [1.165, 1.54) is 13.0 Å². The van der Waals surface area contributed by atoms with Crippen molar-refractivity contribution in [1.29, 1.82) is 0 Å². The van der Waals surface area contributed by atoms with Gasteiger partial charge in [-0.05, 0) is 92.3 Å². The summed E-state index contributed by atoms with van der Waals surface area (Å²) >= 11 is 0. The van der Waals surface area contributed by atoms with Gasteiger partial charge in [-0.15, -0.1) is 0 Å². The molecule has 0 aliphatic rings. The molecule has 3 aromatic carbocycles. The number of carbonyl (C=O) groups excluding carboxylic acids is 2. The van der Waals surface area contributed by atoms with E-state index >= 15 is 0 Å². The van der Waals surface area contributed by atoms with Crippen molar-refractivity contribution in [3.63, 3.8) is 0 Å². The van der Waals surface area contributed by atoms with Gasteiger partial charge in [-0.3, -0.25) is 14.6 Å². The Balaban J connectivity index is 0.00000260. The normalized spacial score (nSPS) is 11.7. The van der Waals surface area contributed by atoms with E-state index in [4.69, 9.17) is 4.99 Å². The highest BCUT2D eigenvalue weighted by molar-refractivity contribution is 6.12.